The van der Waals surface area contributed by atoms with E-state index < -0.39 is 0 Å². The Labute approximate surface area is 97.4 Å². The molecular weight excluding hydrogens is 220 g/mol. The minimum Gasteiger partial charge on any atom is -0.385 e. The lowest BCUT2D eigenvalue weighted by Crippen LogP contribution is -2.20. The van der Waals surface area contributed by atoms with E-state index in [1.807, 2.05) is 23.2 Å². The first-order chi connectivity index (χ1) is 7.74. The molecule has 0 spiro atoms. The second-order valence-corrected chi connectivity index (χ2v) is 4.98. The summed E-state index contributed by atoms with van der Waals surface area (Å²) in [6.45, 7) is 2.90. The normalized spacial score (nSPS) is 20.4. The van der Waals surface area contributed by atoms with Crippen molar-refractivity contribution < 1.29 is 0 Å². The zero-order chi connectivity index (χ0) is 11.1. The molecule has 0 bridgehead atoms. The van der Waals surface area contributed by atoms with Crippen LogP contribution in [-0.4, -0.2) is 17.4 Å². The fraction of sp³-hybridized carbons (Fsp3) is 0.273. The summed E-state index contributed by atoms with van der Waals surface area (Å²) < 4.78 is 1.19. The minimum absolute atomic E-state index is 0.312. The molecule has 0 saturated heterocycles. The topological polar surface area (TPSA) is 54.5 Å². The van der Waals surface area contributed by atoms with Crippen LogP contribution in [0.15, 0.2) is 29.4 Å². The monoisotopic (exact) mass is 232 g/mol. The molecule has 1 unspecified atom stereocenters. The Morgan fingerprint density at radius 1 is 1.44 bits per heavy atom. The van der Waals surface area contributed by atoms with Gasteiger partial charge in [-0.05, 0) is 12.1 Å². The van der Waals surface area contributed by atoms with Gasteiger partial charge in [0.15, 0.2) is 0 Å². The van der Waals surface area contributed by atoms with Gasteiger partial charge in [-0.1, -0.05) is 30.4 Å². The Hall–Kier alpha value is -1.62. The van der Waals surface area contributed by atoms with Crippen molar-refractivity contribution in [1.82, 2.24) is 4.98 Å². The summed E-state index contributed by atoms with van der Waals surface area (Å²) in [6.07, 6.45) is 0. The first kappa shape index (κ1) is 9.59. The Kier molecular flexibility index (Phi) is 2.07. The number of benzene rings is 1. The van der Waals surface area contributed by atoms with Crippen LogP contribution in [-0.2, 0) is 0 Å². The lowest BCUT2D eigenvalue weighted by Gasteiger charge is -2.08. The van der Waals surface area contributed by atoms with Crippen LogP contribution < -0.4 is 10.7 Å². The smallest absolute Gasteiger partial charge is 0.207 e. The zero-order valence-electron chi connectivity index (χ0n) is 8.92. The second-order valence-electron chi connectivity index (χ2n) is 3.97. The van der Waals surface area contributed by atoms with E-state index in [1.54, 1.807) is 11.3 Å². The van der Waals surface area contributed by atoms with Crippen molar-refractivity contribution in [3.05, 3.63) is 24.3 Å². The largest absolute Gasteiger partial charge is 0.385 e. The molecule has 1 atom stereocenters. The van der Waals surface area contributed by atoms with Crippen LogP contribution >= 0.6 is 11.3 Å². The fourth-order valence-corrected chi connectivity index (χ4v) is 2.65. The molecule has 1 aliphatic heterocycles. The van der Waals surface area contributed by atoms with Crippen LogP contribution in [0.1, 0.15) is 6.92 Å². The molecule has 0 amide bonds. The van der Waals surface area contributed by atoms with Crippen LogP contribution in [0.4, 0.5) is 5.13 Å². The van der Waals surface area contributed by atoms with E-state index in [0.717, 1.165) is 17.2 Å². The van der Waals surface area contributed by atoms with Crippen molar-refractivity contribution in [3.8, 4) is 0 Å². The number of thiazole rings is 1. The van der Waals surface area contributed by atoms with E-state index in [4.69, 9.17) is 5.73 Å². The molecular formula is C11H12N4S. The van der Waals surface area contributed by atoms with E-state index in [9.17, 15) is 0 Å². The number of rotatable bonds is 1. The van der Waals surface area contributed by atoms with Gasteiger partial charge in [-0.3, -0.25) is 0 Å². The summed E-state index contributed by atoms with van der Waals surface area (Å²) in [4.78, 5) is 4.55. The first-order valence-corrected chi connectivity index (χ1v) is 6.03. The lowest BCUT2D eigenvalue weighted by molar-refractivity contribution is 0.771. The highest BCUT2D eigenvalue weighted by Gasteiger charge is 2.23. The number of hydrogen-bond donors (Lipinski definition) is 1. The molecule has 2 aromatic rings. The third kappa shape index (κ3) is 1.44. The quantitative estimate of drug-likeness (QED) is 0.818. The van der Waals surface area contributed by atoms with Gasteiger partial charge < -0.3 is 5.73 Å². The molecule has 0 aliphatic carbocycles. The molecule has 1 aliphatic rings. The Bertz CT molecular complexity index is 527. The SMILES string of the molecule is CC1CN(c2nc3ccccc3s2)N=C1N. The summed E-state index contributed by atoms with van der Waals surface area (Å²) in [5.74, 6) is 1.01. The molecule has 2 N–H and O–H groups in total. The second kappa shape index (κ2) is 3.45. The summed E-state index contributed by atoms with van der Waals surface area (Å²) in [5.41, 5.74) is 6.81. The van der Waals surface area contributed by atoms with Crippen molar-refractivity contribution in [2.75, 3.05) is 11.6 Å². The molecule has 0 radical (unpaired) electrons. The standard InChI is InChI=1S/C11H12N4S/c1-7-6-15(14-10(7)12)11-13-8-4-2-3-5-9(8)16-11/h2-5,7H,6H2,1H3,(H2,12,14). The third-order valence-corrected chi connectivity index (χ3v) is 3.74. The van der Waals surface area contributed by atoms with Crippen LogP contribution in [0.5, 0.6) is 0 Å². The number of hydrazone groups is 1. The van der Waals surface area contributed by atoms with Crippen LogP contribution in [0.2, 0.25) is 0 Å². The summed E-state index contributed by atoms with van der Waals surface area (Å²) >= 11 is 1.65. The highest BCUT2D eigenvalue weighted by atomic mass is 32.1. The third-order valence-electron chi connectivity index (χ3n) is 2.69. The van der Waals surface area contributed by atoms with Crippen LogP contribution in [0, 0.1) is 5.92 Å². The molecule has 1 aromatic carbocycles. The average molecular weight is 232 g/mol. The van der Waals surface area contributed by atoms with E-state index in [1.165, 1.54) is 4.70 Å². The Morgan fingerprint density at radius 3 is 2.94 bits per heavy atom. The van der Waals surface area contributed by atoms with Crippen molar-refractivity contribution in [2.24, 2.45) is 16.8 Å². The number of amidine groups is 1. The molecule has 4 nitrogen and oxygen atoms in total. The van der Waals surface area contributed by atoms with Gasteiger partial charge >= 0.3 is 0 Å². The maximum atomic E-state index is 5.79. The summed E-state index contributed by atoms with van der Waals surface area (Å²) in [7, 11) is 0. The Morgan fingerprint density at radius 2 is 2.25 bits per heavy atom. The van der Waals surface area contributed by atoms with Gasteiger partial charge in [-0.25, -0.2) is 9.99 Å². The molecule has 3 rings (SSSR count). The molecule has 0 saturated carbocycles. The van der Waals surface area contributed by atoms with Crippen LogP contribution in [0.25, 0.3) is 10.2 Å². The van der Waals surface area contributed by atoms with Crippen molar-refractivity contribution in [1.29, 1.82) is 0 Å². The number of nitrogens with zero attached hydrogens (tertiary/aromatic N) is 3. The van der Waals surface area contributed by atoms with E-state index in [0.29, 0.717) is 11.8 Å². The van der Waals surface area contributed by atoms with Gasteiger partial charge in [-0.2, -0.15) is 5.10 Å². The lowest BCUT2D eigenvalue weighted by atomic mass is 10.2. The average Bonchev–Trinajstić information content (AvgIpc) is 2.83. The predicted molar refractivity (Wildman–Crippen MR) is 67.8 cm³/mol. The van der Waals surface area contributed by atoms with Crippen molar-refractivity contribution in [3.63, 3.8) is 0 Å². The number of para-hydroxylation sites is 1. The molecule has 16 heavy (non-hydrogen) atoms. The molecule has 82 valence electrons. The van der Waals surface area contributed by atoms with Gasteiger partial charge in [-0.15, -0.1) is 0 Å². The van der Waals surface area contributed by atoms with Crippen molar-refractivity contribution >= 4 is 32.5 Å². The van der Waals surface area contributed by atoms with Crippen molar-refractivity contribution in [2.45, 2.75) is 6.92 Å². The summed E-state index contributed by atoms with van der Waals surface area (Å²) in [5, 5.41) is 7.13. The van der Waals surface area contributed by atoms with Gasteiger partial charge in [0, 0.05) is 5.92 Å². The molecule has 5 heteroatoms. The first-order valence-electron chi connectivity index (χ1n) is 5.21. The molecule has 0 fully saturated rings. The van der Waals surface area contributed by atoms with E-state index >= 15 is 0 Å². The molecule has 1 aromatic heterocycles. The van der Waals surface area contributed by atoms with Gasteiger partial charge in [0.05, 0.1) is 16.8 Å². The van der Waals surface area contributed by atoms with Gasteiger partial charge in [0.25, 0.3) is 0 Å². The maximum absolute atomic E-state index is 5.79. The number of hydrogen-bond acceptors (Lipinski definition) is 5. The number of anilines is 1. The zero-order valence-corrected chi connectivity index (χ0v) is 9.74. The highest BCUT2D eigenvalue weighted by Crippen LogP contribution is 2.30. The summed E-state index contributed by atoms with van der Waals surface area (Å²) in [6, 6.07) is 8.11. The molecule has 2 heterocycles. The van der Waals surface area contributed by atoms with Crippen LogP contribution in [0.3, 0.4) is 0 Å². The minimum atomic E-state index is 0.312. The Balaban J connectivity index is 2.01. The van der Waals surface area contributed by atoms with Gasteiger partial charge in [0.1, 0.15) is 5.84 Å². The number of fused-ring (bicyclic) bond motifs is 1. The highest BCUT2D eigenvalue weighted by molar-refractivity contribution is 7.22. The number of aromatic nitrogens is 1. The van der Waals surface area contributed by atoms with E-state index in [-0.39, 0.29) is 0 Å². The van der Waals surface area contributed by atoms with E-state index in [2.05, 4.69) is 23.1 Å². The predicted octanol–water partition coefficient (Wildman–Crippen LogP) is 2.02. The fourth-order valence-electron chi connectivity index (χ4n) is 1.72. The number of nitrogens with two attached hydrogens (primary N) is 1. The van der Waals surface area contributed by atoms with Gasteiger partial charge in [0.2, 0.25) is 5.13 Å². The maximum Gasteiger partial charge on any atom is 0.207 e.